The van der Waals surface area contributed by atoms with Crippen molar-refractivity contribution < 1.29 is 18.3 Å². The highest BCUT2D eigenvalue weighted by atomic mass is 32.2. The van der Waals surface area contributed by atoms with Crippen LogP contribution in [0.3, 0.4) is 0 Å². The summed E-state index contributed by atoms with van der Waals surface area (Å²) < 4.78 is 27.4. The van der Waals surface area contributed by atoms with Gasteiger partial charge in [-0.25, -0.2) is 4.79 Å². The van der Waals surface area contributed by atoms with E-state index in [0.717, 1.165) is 29.7 Å². The minimum absolute atomic E-state index is 0.223. The van der Waals surface area contributed by atoms with Gasteiger partial charge in [-0.05, 0) is 42.5 Å². The Morgan fingerprint density at radius 1 is 1.26 bits per heavy atom. The molecule has 1 aliphatic rings. The topological polar surface area (TPSA) is 90.8 Å². The van der Waals surface area contributed by atoms with E-state index in [2.05, 4.69) is 4.98 Å². The second kappa shape index (κ2) is 7.75. The van der Waals surface area contributed by atoms with Crippen LogP contribution in [-0.2, 0) is 16.6 Å². The summed E-state index contributed by atoms with van der Waals surface area (Å²) >= 11 is 0. The monoisotopic (exact) mass is 389 g/mol. The van der Waals surface area contributed by atoms with Crippen LogP contribution in [0.4, 0.5) is 0 Å². The van der Waals surface area contributed by atoms with Crippen LogP contribution in [0.2, 0.25) is 0 Å². The summed E-state index contributed by atoms with van der Waals surface area (Å²) in [5, 5.41) is 9.05. The van der Waals surface area contributed by atoms with Crippen molar-refractivity contribution in [3.63, 3.8) is 0 Å². The van der Waals surface area contributed by atoms with E-state index in [1.807, 2.05) is 12.1 Å². The van der Waals surface area contributed by atoms with E-state index < -0.39 is 16.2 Å². The van der Waals surface area contributed by atoms with E-state index >= 15 is 0 Å². The molecule has 144 valence electrons. The molecule has 2 heterocycles. The van der Waals surface area contributed by atoms with Crippen molar-refractivity contribution in [2.75, 3.05) is 27.2 Å². The first-order chi connectivity index (χ1) is 12.8. The molecule has 2 aromatic rings. The highest BCUT2D eigenvalue weighted by Crippen LogP contribution is 2.28. The van der Waals surface area contributed by atoms with E-state index in [1.165, 1.54) is 8.61 Å². The Morgan fingerprint density at radius 2 is 1.96 bits per heavy atom. The lowest BCUT2D eigenvalue weighted by Gasteiger charge is -2.21. The molecule has 1 saturated heterocycles. The summed E-state index contributed by atoms with van der Waals surface area (Å²) in [5.41, 5.74) is 2.93. The number of carboxylic acids is 1. The van der Waals surface area contributed by atoms with Crippen molar-refractivity contribution in [3.8, 4) is 11.3 Å². The molecule has 1 fully saturated rings. The van der Waals surface area contributed by atoms with Crippen molar-refractivity contribution >= 4 is 16.2 Å². The summed E-state index contributed by atoms with van der Waals surface area (Å²) in [6.07, 6.45) is 3.24. The normalized spacial score (nSPS) is 18.1. The van der Waals surface area contributed by atoms with E-state index in [4.69, 9.17) is 5.11 Å². The number of pyridine rings is 1. The van der Waals surface area contributed by atoms with Gasteiger partial charge in [0.25, 0.3) is 10.2 Å². The smallest absolute Gasteiger partial charge is 0.335 e. The zero-order chi connectivity index (χ0) is 19.6. The first-order valence-corrected chi connectivity index (χ1v) is 10.1. The molecule has 8 heteroatoms. The second-order valence-corrected chi connectivity index (χ2v) is 9.04. The number of carbonyl (C=O) groups is 1. The maximum Gasteiger partial charge on any atom is 0.335 e. The van der Waals surface area contributed by atoms with Crippen LogP contribution >= 0.6 is 0 Å². The molecule has 1 aromatic carbocycles. The van der Waals surface area contributed by atoms with E-state index in [-0.39, 0.29) is 11.5 Å². The van der Waals surface area contributed by atoms with Gasteiger partial charge in [0.15, 0.2) is 0 Å². The van der Waals surface area contributed by atoms with E-state index in [0.29, 0.717) is 13.1 Å². The molecule has 0 amide bonds. The molecule has 0 aliphatic carbocycles. The number of nitrogens with zero attached hydrogens (tertiary/aromatic N) is 3. The quantitative estimate of drug-likeness (QED) is 0.817. The number of carboxylic acid groups (broad SMARTS) is 1. The number of hydrogen-bond acceptors (Lipinski definition) is 4. The summed E-state index contributed by atoms with van der Waals surface area (Å²) in [6, 6.07) is 10.5. The van der Waals surface area contributed by atoms with Crippen LogP contribution in [0.25, 0.3) is 11.3 Å². The predicted molar refractivity (Wildman–Crippen MR) is 103 cm³/mol. The van der Waals surface area contributed by atoms with Crippen LogP contribution in [-0.4, -0.2) is 60.3 Å². The van der Waals surface area contributed by atoms with Gasteiger partial charge in [0.05, 0.1) is 11.3 Å². The van der Waals surface area contributed by atoms with Crippen molar-refractivity contribution in [2.24, 2.45) is 5.92 Å². The molecule has 0 spiro atoms. The number of aromatic nitrogens is 1. The maximum absolute atomic E-state index is 12.3. The molecule has 1 aliphatic heterocycles. The Bertz CT molecular complexity index is 926. The lowest BCUT2D eigenvalue weighted by molar-refractivity contribution is 0.0697. The molecule has 0 unspecified atom stereocenters. The van der Waals surface area contributed by atoms with Crippen LogP contribution in [0, 0.1) is 5.92 Å². The van der Waals surface area contributed by atoms with Crippen LogP contribution in [0.5, 0.6) is 0 Å². The zero-order valence-corrected chi connectivity index (χ0v) is 16.2. The number of aromatic carboxylic acids is 1. The minimum atomic E-state index is -3.38. The fraction of sp³-hybridized carbons (Fsp3) is 0.368. The third kappa shape index (κ3) is 4.18. The van der Waals surface area contributed by atoms with Gasteiger partial charge in [0.1, 0.15) is 0 Å². The SMILES string of the molecule is CN(C)S(=O)(=O)N1CC[C@@H](Cc2cccnc2-c2ccc(C(=O)O)cc2)C1. The van der Waals surface area contributed by atoms with Crippen LogP contribution in [0.15, 0.2) is 42.6 Å². The van der Waals surface area contributed by atoms with Gasteiger partial charge in [-0.1, -0.05) is 18.2 Å². The standard InChI is InChI=1S/C19H23N3O4S/c1-21(2)27(25,26)22-11-9-14(13-22)12-17-4-3-10-20-18(17)15-5-7-16(8-6-15)19(23)24/h3-8,10,14H,9,11-13H2,1-2H3,(H,23,24)/t14-/m0/s1. The molecular formula is C19H23N3O4S. The highest BCUT2D eigenvalue weighted by Gasteiger charge is 2.33. The number of benzene rings is 1. The van der Waals surface area contributed by atoms with Gasteiger partial charge >= 0.3 is 5.97 Å². The summed E-state index contributed by atoms with van der Waals surface area (Å²) in [6.45, 7) is 1.01. The third-order valence-electron chi connectivity index (χ3n) is 4.84. The maximum atomic E-state index is 12.3. The Kier molecular flexibility index (Phi) is 5.59. The molecule has 1 atom stereocenters. The Labute approximate surface area is 159 Å². The summed E-state index contributed by atoms with van der Waals surface area (Å²) in [4.78, 5) is 15.5. The van der Waals surface area contributed by atoms with Crippen molar-refractivity contribution in [1.82, 2.24) is 13.6 Å². The van der Waals surface area contributed by atoms with Crippen LogP contribution in [0.1, 0.15) is 22.3 Å². The number of hydrogen-bond donors (Lipinski definition) is 1. The molecule has 3 rings (SSSR count). The Morgan fingerprint density at radius 3 is 2.59 bits per heavy atom. The molecular weight excluding hydrogens is 366 g/mol. The predicted octanol–water partition coefficient (Wildman–Crippen LogP) is 2.12. The molecule has 0 bridgehead atoms. The molecule has 1 aromatic heterocycles. The Hall–Kier alpha value is -2.29. The number of rotatable bonds is 6. The molecule has 27 heavy (non-hydrogen) atoms. The first kappa shape index (κ1) is 19.5. The lowest BCUT2D eigenvalue weighted by atomic mass is 9.95. The van der Waals surface area contributed by atoms with Crippen LogP contribution < -0.4 is 0 Å². The van der Waals surface area contributed by atoms with Gasteiger partial charge in [0.2, 0.25) is 0 Å². The first-order valence-electron chi connectivity index (χ1n) is 8.74. The van der Waals surface area contributed by atoms with Gasteiger partial charge in [-0.3, -0.25) is 4.98 Å². The fourth-order valence-electron chi connectivity index (χ4n) is 3.35. The third-order valence-corrected chi connectivity index (χ3v) is 6.75. The van der Waals surface area contributed by atoms with Gasteiger partial charge < -0.3 is 5.11 Å². The lowest BCUT2D eigenvalue weighted by Crippen LogP contribution is -2.38. The second-order valence-electron chi connectivity index (χ2n) is 6.90. The highest BCUT2D eigenvalue weighted by molar-refractivity contribution is 7.86. The van der Waals surface area contributed by atoms with Crippen molar-refractivity contribution in [1.29, 1.82) is 0 Å². The largest absolute Gasteiger partial charge is 0.478 e. The molecule has 1 N–H and O–H groups in total. The fourth-order valence-corrected chi connectivity index (χ4v) is 4.55. The van der Waals surface area contributed by atoms with E-state index in [9.17, 15) is 13.2 Å². The average molecular weight is 389 g/mol. The van der Waals surface area contributed by atoms with Crippen molar-refractivity contribution in [2.45, 2.75) is 12.8 Å². The Balaban J connectivity index is 1.78. The van der Waals surface area contributed by atoms with Gasteiger partial charge in [0, 0.05) is 38.9 Å². The molecule has 0 saturated carbocycles. The molecule has 7 nitrogen and oxygen atoms in total. The summed E-state index contributed by atoms with van der Waals surface area (Å²) in [7, 11) is -0.293. The minimum Gasteiger partial charge on any atom is -0.478 e. The molecule has 0 radical (unpaired) electrons. The van der Waals surface area contributed by atoms with Gasteiger partial charge in [-0.15, -0.1) is 0 Å². The summed E-state index contributed by atoms with van der Waals surface area (Å²) in [5.74, 6) is -0.739. The van der Waals surface area contributed by atoms with E-state index in [1.54, 1.807) is 44.6 Å². The zero-order valence-electron chi connectivity index (χ0n) is 15.4. The van der Waals surface area contributed by atoms with Crippen molar-refractivity contribution in [3.05, 3.63) is 53.7 Å². The average Bonchev–Trinajstić information content (AvgIpc) is 3.11. The van der Waals surface area contributed by atoms with Gasteiger partial charge in [-0.2, -0.15) is 17.0 Å².